The Morgan fingerprint density at radius 3 is 2.33 bits per heavy atom. The van der Waals surface area contributed by atoms with Gasteiger partial charge in [0.25, 0.3) is 0 Å². The van der Waals surface area contributed by atoms with Crippen molar-refractivity contribution in [2.75, 3.05) is 27.2 Å². The molecule has 0 fully saturated rings. The molecule has 0 aliphatic heterocycles. The second kappa shape index (κ2) is 8.28. The summed E-state index contributed by atoms with van der Waals surface area (Å²) in [6, 6.07) is 9.42. The fraction of sp³-hybridized carbons (Fsp3) is 0.625. The monoisotopic (exact) mass is 248 g/mol. The van der Waals surface area contributed by atoms with Gasteiger partial charge in [0.15, 0.2) is 0 Å². The predicted octanol–water partition coefficient (Wildman–Crippen LogP) is 3.24. The van der Waals surface area contributed by atoms with Crippen molar-refractivity contribution in [2.24, 2.45) is 0 Å². The Labute approximate surface area is 112 Å². The number of nitrogens with zero attached hydrogens (tertiary/aromatic N) is 1. The molecule has 1 aromatic carbocycles. The van der Waals surface area contributed by atoms with Gasteiger partial charge in [-0.15, -0.1) is 0 Å². The van der Waals surface area contributed by atoms with E-state index in [9.17, 15) is 0 Å². The lowest BCUT2D eigenvalue weighted by Crippen LogP contribution is -2.21. The van der Waals surface area contributed by atoms with E-state index in [0.717, 1.165) is 13.0 Å². The SMILES string of the molecule is CCc1ccc(C(C)NCCCCN(C)C)cc1. The molecule has 0 aliphatic rings. The van der Waals surface area contributed by atoms with Crippen LogP contribution in [-0.2, 0) is 6.42 Å². The van der Waals surface area contributed by atoms with Crippen LogP contribution >= 0.6 is 0 Å². The Morgan fingerprint density at radius 1 is 1.11 bits per heavy atom. The molecule has 0 aliphatic carbocycles. The van der Waals surface area contributed by atoms with Crippen molar-refractivity contribution in [1.82, 2.24) is 10.2 Å². The number of nitrogens with one attached hydrogen (secondary N) is 1. The average molecular weight is 248 g/mol. The minimum absolute atomic E-state index is 0.454. The average Bonchev–Trinajstić information content (AvgIpc) is 2.38. The minimum atomic E-state index is 0.454. The van der Waals surface area contributed by atoms with Gasteiger partial charge >= 0.3 is 0 Å². The van der Waals surface area contributed by atoms with Crippen molar-refractivity contribution in [3.63, 3.8) is 0 Å². The Bertz CT molecular complexity index is 316. The minimum Gasteiger partial charge on any atom is -0.310 e. The summed E-state index contributed by atoms with van der Waals surface area (Å²) in [4.78, 5) is 2.24. The third-order valence-corrected chi connectivity index (χ3v) is 3.37. The van der Waals surface area contributed by atoms with Gasteiger partial charge in [-0.25, -0.2) is 0 Å². The van der Waals surface area contributed by atoms with Crippen LogP contribution in [0.1, 0.15) is 43.9 Å². The van der Waals surface area contributed by atoms with Crippen molar-refractivity contribution in [3.8, 4) is 0 Å². The number of rotatable bonds is 8. The Hall–Kier alpha value is -0.860. The highest BCUT2D eigenvalue weighted by Gasteiger charge is 2.03. The van der Waals surface area contributed by atoms with Crippen LogP contribution in [0, 0.1) is 0 Å². The molecule has 18 heavy (non-hydrogen) atoms. The first-order valence-corrected chi connectivity index (χ1v) is 7.10. The fourth-order valence-electron chi connectivity index (χ4n) is 2.03. The van der Waals surface area contributed by atoms with E-state index in [1.165, 1.54) is 30.5 Å². The largest absolute Gasteiger partial charge is 0.310 e. The van der Waals surface area contributed by atoms with Crippen molar-refractivity contribution in [3.05, 3.63) is 35.4 Å². The van der Waals surface area contributed by atoms with Crippen molar-refractivity contribution < 1.29 is 0 Å². The quantitative estimate of drug-likeness (QED) is 0.711. The van der Waals surface area contributed by atoms with E-state index in [0.29, 0.717) is 6.04 Å². The highest BCUT2D eigenvalue weighted by molar-refractivity contribution is 5.24. The fourth-order valence-corrected chi connectivity index (χ4v) is 2.03. The summed E-state index contributed by atoms with van der Waals surface area (Å²) in [5.41, 5.74) is 2.80. The first-order chi connectivity index (χ1) is 8.63. The van der Waals surface area contributed by atoms with Crippen LogP contribution in [0.25, 0.3) is 0 Å². The van der Waals surface area contributed by atoms with E-state index in [4.69, 9.17) is 0 Å². The normalized spacial score (nSPS) is 12.9. The van der Waals surface area contributed by atoms with Gasteiger partial charge in [0, 0.05) is 6.04 Å². The molecule has 2 nitrogen and oxygen atoms in total. The van der Waals surface area contributed by atoms with E-state index < -0.39 is 0 Å². The molecule has 0 bridgehead atoms. The molecular formula is C16H28N2. The molecule has 0 aromatic heterocycles. The van der Waals surface area contributed by atoms with Gasteiger partial charge in [0.05, 0.1) is 0 Å². The molecule has 0 amide bonds. The van der Waals surface area contributed by atoms with E-state index in [1.54, 1.807) is 0 Å². The van der Waals surface area contributed by atoms with Crippen molar-refractivity contribution in [1.29, 1.82) is 0 Å². The Kier molecular flexibility index (Phi) is 6.99. The maximum atomic E-state index is 3.59. The molecule has 1 N–H and O–H groups in total. The highest BCUT2D eigenvalue weighted by Crippen LogP contribution is 2.13. The summed E-state index contributed by atoms with van der Waals surface area (Å²) in [6.45, 7) is 6.72. The number of hydrogen-bond acceptors (Lipinski definition) is 2. The van der Waals surface area contributed by atoms with Crippen LogP contribution in [0.4, 0.5) is 0 Å². The number of hydrogen-bond donors (Lipinski definition) is 1. The zero-order chi connectivity index (χ0) is 13.4. The summed E-state index contributed by atoms with van der Waals surface area (Å²) in [5.74, 6) is 0. The zero-order valence-corrected chi connectivity index (χ0v) is 12.4. The van der Waals surface area contributed by atoms with E-state index in [-0.39, 0.29) is 0 Å². The molecular weight excluding hydrogens is 220 g/mol. The van der Waals surface area contributed by atoms with Gasteiger partial charge in [0.2, 0.25) is 0 Å². The summed E-state index contributed by atoms with van der Waals surface area (Å²) in [6.07, 6.45) is 3.63. The van der Waals surface area contributed by atoms with E-state index in [1.807, 2.05) is 0 Å². The van der Waals surface area contributed by atoms with Crippen LogP contribution in [0.2, 0.25) is 0 Å². The molecule has 0 saturated carbocycles. The number of aryl methyl sites for hydroxylation is 1. The summed E-state index contributed by atoms with van der Waals surface area (Å²) in [7, 11) is 4.26. The molecule has 1 atom stereocenters. The number of unbranched alkanes of at least 4 members (excludes halogenated alkanes) is 1. The van der Waals surface area contributed by atoms with Gasteiger partial charge in [-0.2, -0.15) is 0 Å². The summed E-state index contributed by atoms with van der Waals surface area (Å²) < 4.78 is 0. The van der Waals surface area contributed by atoms with Gasteiger partial charge in [-0.05, 0) is 64.5 Å². The molecule has 1 unspecified atom stereocenters. The molecule has 102 valence electrons. The molecule has 0 radical (unpaired) electrons. The first-order valence-electron chi connectivity index (χ1n) is 7.10. The van der Waals surface area contributed by atoms with Crippen molar-refractivity contribution >= 4 is 0 Å². The van der Waals surface area contributed by atoms with Crippen LogP contribution in [0.5, 0.6) is 0 Å². The molecule has 0 heterocycles. The van der Waals surface area contributed by atoms with Gasteiger partial charge < -0.3 is 10.2 Å². The predicted molar refractivity (Wildman–Crippen MR) is 80.0 cm³/mol. The van der Waals surface area contributed by atoms with Gasteiger partial charge in [-0.1, -0.05) is 31.2 Å². The topological polar surface area (TPSA) is 15.3 Å². The van der Waals surface area contributed by atoms with E-state index in [2.05, 4.69) is 62.4 Å². The highest BCUT2D eigenvalue weighted by atomic mass is 15.0. The maximum Gasteiger partial charge on any atom is 0.0291 e. The van der Waals surface area contributed by atoms with Crippen LogP contribution < -0.4 is 5.32 Å². The smallest absolute Gasteiger partial charge is 0.0291 e. The van der Waals surface area contributed by atoms with Gasteiger partial charge in [-0.3, -0.25) is 0 Å². The third kappa shape index (κ3) is 5.65. The Balaban J connectivity index is 2.25. The third-order valence-electron chi connectivity index (χ3n) is 3.37. The van der Waals surface area contributed by atoms with Crippen LogP contribution in [-0.4, -0.2) is 32.1 Å². The molecule has 2 heteroatoms. The second-order valence-electron chi connectivity index (χ2n) is 5.28. The molecule has 1 aromatic rings. The van der Waals surface area contributed by atoms with E-state index >= 15 is 0 Å². The summed E-state index contributed by atoms with van der Waals surface area (Å²) in [5, 5.41) is 3.59. The molecule has 0 saturated heterocycles. The lowest BCUT2D eigenvalue weighted by atomic mass is 10.0. The molecule has 1 rings (SSSR count). The zero-order valence-electron chi connectivity index (χ0n) is 12.4. The van der Waals surface area contributed by atoms with Gasteiger partial charge in [0.1, 0.15) is 0 Å². The summed E-state index contributed by atoms with van der Waals surface area (Å²) >= 11 is 0. The van der Waals surface area contributed by atoms with Crippen LogP contribution in [0.3, 0.4) is 0 Å². The van der Waals surface area contributed by atoms with Crippen molar-refractivity contribution in [2.45, 2.75) is 39.2 Å². The maximum absolute atomic E-state index is 3.59. The lowest BCUT2D eigenvalue weighted by molar-refractivity contribution is 0.389. The second-order valence-corrected chi connectivity index (χ2v) is 5.28. The first kappa shape index (κ1) is 15.2. The lowest BCUT2D eigenvalue weighted by Gasteiger charge is -2.15. The number of benzene rings is 1. The van der Waals surface area contributed by atoms with Crippen LogP contribution in [0.15, 0.2) is 24.3 Å². The Morgan fingerprint density at radius 2 is 1.78 bits per heavy atom. The molecule has 0 spiro atoms. The standard InChI is InChI=1S/C16H28N2/c1-5-15-8-10-16(11-9-15)14(2)17-12-6-7-13-18(3)4/h8-11,14,17H,5-7,12-13H2,1-4H3.